The number of ether oxygens (including phenoxy) is 3. The Morgan fingerprint density at radius 1 is 0.882 bits per heavy atom. The molecule has 3 aromatic rings. The van der Waals surface area contributed by atoms with Crippen molar-refractivity contribution in [3.63, 3.8) is 0 Å². The fourth-order valence-corrected chi connectivity index (χ4v) is 4.13. The second kappa shape index (κ2) is 10.9. The quantitative estimate of drug-likeness (QED) is 0.499. The minimum Gasteiger partial charge on any atom is -0.380 e. The van der Waals surface area contributed by atoms with Crippen molar-refractivity contribution in [3.05, 3.63) is 30.3 Å². The lowest BCUT2D eigenvalue weighted by atomic mass is 10.1. The maximum Gasteiger partial charge on any atom is 0.229 e. The van der Waals surface area contributed by atoms with E-state index in [0.717, 1.165) is 43.3 Å². The third kappa shape index (κ3) is 5.03. The molecule has 34 heavy (non-hydrogen) atoms. The molecule has 0 saturated carbocycles. The highest BCUT2D eigenvalue weighted by Crippen LogP contribution is 2.31. The van der Waals surface area contributed by atoms with Crippen LogP contribution in [0.25, 0.3) is 22.4 Å². The third-order valence-corrected chi connectivity index (χ3v) is 5.90. The van der Waals surface area contributed by atoms with Gasteiger partial charge in [-0.05, 0) is 6.92 Å². The van der Waals surface area contributed by atoms with E-state index in [9.17, 15) is 0 Å². The van der Waals surface area contributed by atoms with E-state index in [-0.39, 0.29) is 0 Å². The second-order valence-corrected chi connectivity index (χ2v) is 8.13. The van der Waals surface area contributed by atoms with Gasteiger partial charge in [0.05, 0.1) is 33.0 Å². The second-order valence-electron chi connectivity index (χ2n) is 8.13. The largest absolute Gasteiger partial charge is 0.380 e. The molecule has 180 valence electrons. The summed E-state index contributed by atoms with van der Waals surface area (Å²) >= 11 is 0. The van der Waals surface area contributed by atoms with E-state index in [1.807, 2.05) is 37.3 Å². The number of hydrogen-bond acceptors (Lipinski definition) is 10. The first-order chi connectivity index (χ1) is 16.8. The number of nitrogens with zero attached hydrogens (tertiary/aromatic N) is 6. The first-order valence-corrected chi connectivity index (χ1v) is 12.0. The summed E-state index contributed by atoms with van der Waals surface area (Å²) in [7, 11) is 0. The molecule has 2 fully saturated rings. The third-order valence-electron chi connectivity index (χ3n) is 5.90. The zero-order valence-electron chi connectivity index (χ0n) is 19.6. The lowest BCUT2D eigenvalue weighted by Gasteiger charge is -2.31. The number of benzene rings is 1. The van der Waals surface area contributed by atoms with Crippen LogP contribution in [0.1, 0.15) is 6.92 Å². The van der Waals surface area contributed by atoms with Gasteiger partial charge in [-0.15, -0.1) is 0 Å². The molecule has 0 bridgehead atoms. The molecule has 0 atom stereocenters. The Bertz CT molecular complexity index is 1090. The lowest BCUT2D eigenvalue weighted by Crippen LogP contribution is -2.39. The molecule has 10 heteroatoms. The summed E-state index contributed by atoms with van der Waals surface area (Å²) in [5.74, 6) is 2.16. The summed E-state index contributed by atoms with van der Waals surface area (Å²) in [6.07, 6.45) is 0. The SMILES string of the molecule is CCOCCNc1nc2nc(N3CCOCC3)nc(N3CCOCC3)c2nc1-c1ccccc1. The van der Waals surface area contributed by atoms with Gasteiger partial charge in [0, 0.05) is 44.9 Å². The molecule has 0 radical (unpaired) electrons. The minimum atomic E-state index is 0.580. The molecular weight excluding hydrogens is 434 g/mol. The lowest BCUT2D eigenvalue weighted by molar-refractivity contribution is 0.121. The number of aromatic nitrogens is 4. The van der Waals surface area contributed by atoms with Crippen LogP contribution in [0.4, 0.5) is 17.6 Å². The molecule has 0 amide bonds. The molecule has 1 aromatic carbocycles. The molecule has 0 aliphatic carbocycles. The zero-order valence-corrected chi connectivity index (χ0v) is 19.6. The molecule has 1 N–H and O–H groups in total. The van der Waals surface area contributed by atoms with Crippen LogP contribution >= 0.6 is 0 Å². The van der Waals surface area contributed by atoms with Gasteiger partial charge >= 0.3 is 0 Å². The molecule has 2 aromatic heterocycles. The average Bonchev–Trinajstić information content (AvgIpc) is 2.91. The van der Waals surface area contributed by atoms with Crippen LogP contribution in [0.3, 0.4) is 0 Å². The smallest absolute Gasteiger partial charge is 0.229 e. The summed E-state index contributed by atoms with van der Waals surface area (Å²) in [6, 6.07) is 10.1. The summed E-state index contributed by atoms with van der Waals surface area (Å²) in [5, 5.41) is 3.41. The van der Waals surface area contributed by atoms with Crippen LogP contribution in [0.2, 0.25) is 0 Å². The first kappa shape index (κ1) is 22.7. The zero-order chi connectivity index (χ0) is 23.2. The Morgan fingerprint density at radius 3 is 2.29 bits per heavy atom. The highest BCUT2D eigenvalue weighted by Gasteiger charge is 2.24. The van der Waals surface area contributed by atoms with E-state index < -0.39 is 0 Å². The van der Waals surface area contributed by atoms with Gasteiger partial charge in [0.1, 0.15) is 5.69 Å². The maximum atomic E-state index is 5.59. The molecule has 2 aliphatic heterocycles. The van der Waals surface area contributed by atoms with Crippen LogP contribution in [0, 0.1) is 0 Å². The summed E-state index contributed by atoms with van der Waals surface area (Å²) in [6.45, 7) is 9.55. The Labute approximate surface area is 199 Å². The van der Waals surface area contributed by atoms with Crippen LogP contribution < -0.4 is 15.1 Å². The first-order valence-electron chi connectivity index (χ1n) is 12.0. The standard InChI is InChI=1S/C24H31N7O3/c1-2-32-13-8-25-21-19(18-6-4-3-5-7-18)26-20-22(27-21)28-24(31-11-16-34-17-12-31)29-23(20)30-9-14-33-15-10-30/h3-7H,2,8-17H2,1H3,(H,25,27,28,29). The van der Waals surface area contributed by atoms with Crippen molar-refractivity contribution in [1.82, 2.24) is 19.9 Å². The van der Waals surface area contributed by atoms with Gasteiger partial charge in [0.25, 0.3) is 0 Å². The Hall–Kier alpha value is -3.08. The summed E-state index contributed by atoms with van der Waals surface area (Å²) < 4.78 is 16.6. The van der Waals surface area contributed by atoms with E-state index in [1.54, 1.807) is 0 Å². The Kier molecular flexibility index (Phi) is 7.28. The average molecular weight is 466 g/mol. The fraction of sp³-hybridized carbons (Fsp3) is 0.500. The molecule has 5 rings (SSSR count). The molecule has 0 spiro atoms. The van der Waals surface area contributed by atoms with Crippen molar-refractivity contribution in [2.45, 2.75) is 6.92 Å². The summed E-state index contributed by atoms with van der Waals surface area (Å²) in [4.78, 5) is 24.3. The van der Waals surface area contributed by atoms with Gasteiger partial charge in [-0.25, -0.2) is 9.97 Å². The van der Waals surface area contributed by atoms with Gasteiger partial charge in [-0.3, -0.25) is 0 Å². The highest BCUT2D eigenvalue weighted by molar-refractivity contribution is 5.89. The van der Waals surface area contributed by atoms with Crippen molar-refractivity contribution in [2.24, 2.45) is 0 Å². The van der Waals surface area contributed by atoms with Crippen LogP contribution in [0.15, 0.2) is 30.3 Å². The van der Waals surface area contributed by atoms with E-state index in [1.165, 1.54) is 0 Å². The van der Waals surface area contributed by atoms with Crippen molar-refractivity contribution in [2.75, 3.05) is 87.5 Å². The van der Waals surface area contributed by atoms with E-state index in [4.69, 9.17) is 34.1 Å². The highest BCUT2D eigenvalue weighted by atomic mass is 16.5. The van der Waals surface area contributed by atoms with Crippen molar-refractivity contribution in [1.29, 1.82) is 0 Å². The van der Waals surface area contributed by atoms with Gasteiger partial charge in [-0.2, -0.15) is 9.97 Å². The van der Waals surface area contributed by atoms with Crippen molar-refractivity contribution >= 4 is 28.7 Å². The Morgan fingerprint density at radius 2 is 1.59 bits per heavy atom. The predicted octanol–water partition coefficient (Wildman–Crippen LogP) is 2.21. The predicted molar refractivity (Wildman–Crippen MR) is 132 cm³/mol. The number of rotatable bonds is 8. The molecule has 0 unspecified atom stereocenters. The summed E-state index contributed by atoms with van der Waals surface area (Å²) in [5.41, 5.74) is 3.05. The molecule has 2 saturated heterocycles. The number of fused-ring (bicyclic) bond motifs is 1. The number of anilines is 3. The van der Waals surface area contributed by atoms with Gasteiger partial charge in [-0.1, -0.05) is 30.3 Å². The topological polar surface area (TPSA) is 97.8 Å². The fourth-order valence-electron chi connectivity index (χ4n) is 4.13. The molecule has 2 aliphatic rings. The van der Waals surface area contributed by atoms with Crippen LogP contribution in [0.5, 0.6) is 0 Å². The normalized spacial score (nSPS) is 16.7. The van der Waals surface area contributed by atoms with E-state index >= 15 is 0 Å². The van der Waals surface area contributed by atoms with Crippen molar-refractivity contribution < 1.29 is 14.2 Å². The molecular formula is C24H31N7O3. The van der Waals surface area contributed by atoms with Crippen LogP contribution in [-0.4, -0.2) is 92.3 Å². The number of nitrogens with one attached hydrogen (secondary N) is 1. The molecule has 4 heterocycles. The monoisotopic (exact) mass is 465 g/mol. The van der Waals surface area contributed by atoms with Crippen molar-refractivity contribution in [3.8, 4) is 11.3 Å². The van der Waals surface area contributed by atoms with E-state index in [0.29, 0.717) is 69.1 Å². The minimum absolute atomic E-state index is 0.580. The van der Waals surface area contributed by atoms with Gasteiger partial charge < -0.3 is 29.3 Å². The molecule has 10 nitrogen and oxygen atoms in total. The number of morpholine rings is 2. The van der Waals surface area contributed by atoms with Gasteiger partial charge in [0.2, 0.25) is 5.95 Å². The van der Waals surface area contributed by atoms with Gasteiger partial charge in [0.15, 0.2) is 22.8 Å². The Balaban J connectivity index is 1.62. The number of hydrogen-bond donors (Lipinski definition) is 1. The van der Waals surface area contributed by atoms with E-state index in [2.05, 4.69) is 15.1 Å². The maximum absolute atomic E-state index is 5.59. The van der Waals surface area contributed by atoms with Crippen LogP contribution in [-0.2, 0) is 14.2 Å².